The van der Waals surface area contributed by atoms with E-state index >= 15 is 0 Å². The Kier molecular flexibility index (Phi) is 2.33. The summed E-state index contributed by atoms with van der Waals surface area (Å²) in [5.41, 5.74) is 0. The molecule has 0 spiro atoms. The predicted octanol–water partition coefficient (Wildman–Crippen LogP) is 1.07. The lowest BCUT2D eigenvalue weighted by atomic mass is 10.2. The van der Waals surface area contributed by atoms with Gasteiger partial charge in [-0.25, -0.2) is 8.78 Å². The third-order valence-corrected chi connectivity index (χ3v) is 2.80. The first-order valence-electron chi connectivity index (χ1n) is 4.97. The minimum Gasteiger partial charge on any atom is -0.353 e. The highest BCUT2D eigenvalue weighted by Gasteiger charge is 2.40. The minimum absolute atomic E-state index is 0.00165. The van der Waals surface area contributed by atoms with Crippen LogP contribution in [0.4, 0.5) is 8.78 Å². The highest BCUT2D eigenvalue weighted by molar-refractivity contribution is 5.81. The second kappa shape index (κ2) is 3.37. The van der Waals surface area contributed by atoms with Gasteiger partial charge in [0.15, 0.2) is 5.96 Å². The van der Waals surface area contributed by atoms with E-state index in [1.165, 1.54) is 0 Å². The first kappa shape index (κ1) is 9.68. The Balaban J connectivity index is 1.87. The number of hydrogen-bond donors (Lipinski definition) is 1. The van der Waals surface area contributed by atoms with Crippen molar-refractivity contribution in [2.45, 2.75) is 31.2 Å². The number of nitrogens with one attached hydrogen (secondary N) is 1. The number of guanidine groups is 1. The van der Waals surface area contributed by atoms with Crippen LogP contribution in [0.5, 0.6) is 0 Å². The van der Waals surface area contributed by atoms with Crippen molar-refractivity contribution in [2.75, 3.05) is 20.1 Å². The molecule has 0 radical (unpaired) electrons. The Morgan fingerprint density at radius 2 is 2.36 bits per heavy atom. The Bertz CT molecular complexity index is 252. The standard InChI is InChI=1S/C9H15F2N3/c1-14-5-4-12-8(14)13-7-2-3-9(10,11)6-7/h7H,2-6H2,1H3,(H,12,13). The average Bonchev–Trinajstić information content (AvgIpc) is 2.61. The van der Waals surface area contributed by atoms with E-state index in [2.05, 4.69) is 10.3 Å². The molecule has 1 aliphatic carbocycles. The molecular formula is C9H15F2N3. The van der Waals surface area contributed by atoms with Crippen molar-refractivity contribution in [1.82, 2.24) is 10.2 Å². The van der Waals surface area contributed by atoms with Gasteiger partial charge in [0.05, 0.1) is 6.54 Å². The van der Waals surface area contributed by atoms with Crippen LogP contribution in [0.15, 0.2) is 4.99 Å². The third kappa shape index (κ3) is 1.96. The summed E-state index contributed by atoms with van der Waals surface area (Å²) in [5, 5.41) is 3.08. The largest absolute Gasteiger partial charge is 0.353 e. The third-order valence-electron chi connectivity index (χ3n) is 2.80. The number of aliphatic imine (C=N–C) groups is 1. The molecule has 0 aromatic heterocycles. The van der Waals surface area contributed by atoms with Gasteiger partial charge in [0.2, 0.25) is 5.92 Å². The van der Waals surface area contributed by atoms with E-state index in [0.29, 0.717) is 6.42 Å². The lowest BCUT2D eigenvalue weighted by molar-refractivity contribution is 0.00742. The van der Waals surface area contributed by atoms with Gasteiger partial charge in [-0.15, -0.1) is 0 Å². The Morgan fingerprint density at radius 3 is 2.86 bits per heavy atom. The first-order valence-corrected chi connectivity index (χ1v) is 4.97. The van der Waals surface area contributed by atoms with Gasteiger partial charge in [-0.05, 0) is 6.42 Å². The summed E-state index contributed by atoms with van der Waals surface area (Å²) in [6.45, 7) is 1.65. The second-order valence-corrected chi connectivity index (χ2v) is 4.07. The van der Waals surface area contributed by atoms with Crippen molar-refractivity contribution in [3.05, 3.63) is 0 Å². The van der Waals surface area contributed by atoms with Gasteiger partial charge in [-0.3, -0.25) is 4.99 Å². The number of hydrogen-bond acceptors (Lipinski definition) is 3. The Labute approximate surface area is 82.2 Å². The predicted molar refractivity (Wildman–Crippen MR) is 50.7 cm³/mol. The highest BCUT2D eigenvalue weighted by Crippen LogP contribution is 2.34. The number of alkyl halides is 2. The lowest BCUT2D eigenvalue weighted by Gasteiger charge is -2.19. The van der Waals surface area contributed by atoms with Crippen LogP contribution in [0.25, 0.3) is 0 Å². The van der Waals surface area contributed by atoms with Gasteiger partial charge in [-0.2, -0.15) is 0 Å². The summed E-state index contributed by atoms with van der Waals surface area (Å²) in [6.07, 6.45) is 0.487. The number of halogens is 2. The Hall–Kier alpha value is -0.870. The summed E-state index contributed by atoms with van der Waals surface area (Å²) in [7, 11) is 1.92. The van der Waals surface area contributed by atoms with Gasteiger partial charge < -0.3 is 10.2 Å². The molecular weight excluding hydrogens is 188 g/mol. The molecule has 0 aromatic rings. The summed E-state index contributed by atoms with van der Waals surface area (Å²) < 4.78 is 25.7. The molecule has 0 bridgehead atoms. The minimum atomic E-state index is -2.48. The van der Waals surface area contributed by atoms with E-state index in [9.17, 15) is 8.78 Å². The summed E-state index contributed by atoms with van der Waals surface area (Å²) in [4.78, 5) is 6.18. The summed E-state index contributed by atoms with van der Waals surface area (Å²) >= 11 is 0. The van der Waals surface area contributed by atoms with Crippen LogP contribution in [0, 0.1) is 0 Å². The molecule has 14 heavy (non-hydrogen) atoms. The number of nitrogens with zero attached hydrogens (tertiary/aromatic N) is 2. The van der Waals surface area contributed by atoms with Crippen LogP contribution in [-0.2, 0) is 0 Å². The van der Waals surface area contributed by atoms with E-state index < -0.39 is 5.92 Å². The van der Waals surface area contributed by atoms with Crippen LogP contribution in [0.2, 0.25) is 0 Å². The van der Waals surface area contributed by atoms with Crippen LogP contribution in [0.3, 0.4) is 0 Å². The van der Waals surface area contributed by atoms with E-state index in [4.69, 9.17) is 0 Å². The van der Waals surface area contributed by atoms with Crippen molar-refractivity contribution in [1.29, 1.82) is 0 Å². The van der Waals surface area contributed by atoms with Crippen molar-refractivity contribution < 1.29 is 8.78 Å². The molecule has 1 fully saturated rings. The maximum atomic E-state index is 12.9. The molecule has 2 rings (SSSR count). The smallest absolute Gasteiger partial charge is 0.250 e. The SMILES string of the molecule is CN1CCN=C1NC1CCC(F)(F)C1. The van der Waals surface area contributed by atoms with Crippen molar-refractivity contribution in [2.24, 2.45) is 4.99 Å². The Morgan fingerprint density at radius 1 is 1.57 bits per heavy atom. The molecule has 0 saturated heterocycles. The fourth-order valence-corrected chi connectivity index (χ4v) is 1.94. The molecule has 1 aliphatic heterocycles. The van der Waals surface area contributed by atoms with Gasteiger partial charge in [0.25, 0.3) is 0 Å². The molecule has 1 unspecified atom stereocenters. The van der Waals surface area contributed by atoms with Crippen molar-refractivity contribution >= 4 is 5.96 Å². The second-order valence-electron chi connectivity index (χ2n) is 4.07. The zero-order valence-corrected chi connectivity index (χ0v) is 8.26. The molecule has 1 saturated carbocycles. The summed E-state index contributed by atoms with van der Waals surface area (Å²) in [5.74, 6) is -1.71. The highest BCUT2D eigenvalue weighted by atomic mass is 19.3. The van der Waals surface area contributed by atoms with E-state index in [1.807, 2.05) is 11.9 Å². The zero-order valence-electron chi connectivity index (χ0n) is 8.26. The number of rotatable bonds is 1. The maximum absolute atomic E-state index is 12.9. The molecule has 0 aromatic carbocycles. The molecule has 2 aliphatic rings. The fourth-order valence-electron chi connectivity index (χ4n) is 1.94. The molecule has 1 heterocycles. The fraction of sp³-hybridized carbons (Fsp3) is 0.889. The van der Waals surface area contributed by atoms with Crippen molar-refractivity contribution in [3.8, 4) is 0 Å². The zero-order chi connectivity index (χ0) is 10.2. The quantitative estimate of drug-likeness (QED) is 0.690. The summed E-state index contributed by atoms with van der Waals surface area (Å²) in [6, 6.07) is -0.107. The average molecular weight is 203 g/mol. The lowest BCUT2D eigenvalue weighted by Crippen LogP contribution is -2.41. The molecule has 80 valence electrons. The molecule has 5 heteroatoms. The molecule has 1 atom stereocenters. The number of likely N-dealkylation sites (N-methyl/N-ethyl adjacent to an activating group) is 1. The van der Waals surface area contributed by atoms with E-state index in [1.54, 1.807) is 0 Å². The molecule has 3 nitrogen and oxygen atoms in total. The monoisotopic (exact) mass is 203 g/mol. The van der Waals surface area contributed by atoms with Crippen LogP contribution < -0.4 is 5.32 Å². The van der Waals surface area contributed by atoms with E-state index in [-0.39, 0.29) is 18.9 Å². The van der Waals surface area contributed by atoms with Crippen LogP contribution >= 0.6 is 0 Å². The van der Waals surface area contributed by atoms with E-state index in [0.717, 1.165) is 19.0 Å². The van der Waals surface area contributed by atoms with Gasteiger partial charge in [-0.1, -0.05) is 0 Å². The van der Waals surface area contributed by atoms with Crippen molar-refractivity contribution in [3.63, 3.8) is 0 Å². The molecule has 0 amide bonds. The van der Waals surface area contributed by atoms with Gasteiger partial charge >= 0.3 is 0 Å². The normalized spacial score (nSPS) is 30.6. The van der Waals surface area contributed by atoms with Gasteiger partial charge in [0.1, 0.15) is 0 Å². The first-order chi connectivity index (χ1) is 6.57. The maximum Gasteiger partial charge on any atom is 0.250 e. The van der Waals surface area contributed by atoms with Crippen LogP contribution in [-0.4, -0.2) is 43.0 Å². The molecule has 1 N–H and O–H groups in total. The van der Waals surface area contributed by atoms with Gasteiger partial charge in [0, 0.05) is 32.5 Å². The van der Waals surface area contributed by atoms with Crippen LogP contribution in [0.1, 0.15) is 19.3 Å². The topological polar surface area (TPSA) is 27.6 Å².